The van der Waals surface area contributed by atoms with Gasteiger partial charge in [-0.3, -0.25) is 9.58 Å². The highest BCUT2D eigenvalue weighted by Gasteiger charge is 2.22. The van der Waals surface area contributed by atoms with Gasteiger partial charge in [-0.25, -0.2) is 0 Å². The van der Waals surface area contributed by atoms with Crippen molar-refractivity contribution in [3.05, 3.63) is 17.5 Å². The lowest BCUT2D eigenvalue weighted by Gasteiger charge is -2.28. The van der Waals surface area contributed by atoms with Crippen LogP contribution in [0.2, 0.25) is 0 Å². The number of rotatable bonds is 5. The van der Waals surface area contributed by atoms with Crippen molar-refractivity contribution in [3.8, 4) is 0 Å². The summed E-state index contributed by atoms with van der Waals surface area (Å²) >= 11 is 0. The first-order valence-corrected chi connectivity index (χ1v) is 8.13. The maximum absolute atomic E-state index is 4.56. The predicted molar refractivity (Wildman–Crippen MR) is 83.8 cm³/mol. The molecule has 114 valence electrons. The Balaban J connectivity index is 2.03. The summed E-state index contributed by atoms with van der Waals surface area (Å²) in [6.45, 7) is 14.4. The zero-order valence-corrected chi connectivity index (χ0v) is 13.5. The molecule has 0 spiro atoms. The van der Waals surface area contributed by atoms with Crippen LogP contribution in [-0.2, 0) is 13.1 Å². The molecule has 0 aromatic carbocycles. The fourth-order valence-corrected chi connectivity index (χ4v) is 3.06. The third-order valence-electron chi connectivity index (χ3n) is 4.51. The Bertz CT molecular complexity index is 413. The molecule has 1 fully saturated rings. The van der Waals surface area contributed by atoms with Gasteiger partial charge < -0.3 is 5.32 Å². The molecule has 0 aliphatic carbocycles. The normalized spacial score (nSPS) is 22.7. The fraction of sp³-hybridized carbons (Fsp3) is 0.812. The largest absolute Gasteiger partial charge is 0.312 e. The highest BCUT2D eigenvalue weighted by Crippen LogP contribution is 2.15. The van der Waals surface area contributed by atoms with Crippen LogP contribution in [0.5, 0.6) is 0 Å². The topological polar surface area (TPSA) is 33.1 Å². The van der Waals surface area contributed by atoms with E-state index in [-0.39, 0.29) is 0 Å². The van der Waals surface area contributed by atoms with Crippen LogP contribution >= 0.6 is 0 Å². The fourth-order valence-electron chi connectivity index (χ4n) is 3.06. The molecule has 2 atom stereocenters. The van der Waals surface area contributed by atoms with Crippen LogP contribution in [0.1, 0.15) is 45.0 Å². The SMILES string of the molecule is CCC(C)C1CN(Cc2cc(C)nn2CC)CCCN1. The summed E-state index contributed by atoms with van der Waals surface area (Å²) in [4.78, 5) is 2.60. The Hall–Kier alpha value is -0.870. The zero-order chi connectivity index (χ0) is 14.5. The van der Waals surface area contributed by atoms with Gasteiger partial charge in [0.1, 0.15) is 0 Å². The molecule has 2 heterocycles. The summed E-state index contributed by atoms with van der Waals surface area (Å²) < 4.78 is 2.14. The van der Waals surface area contributed by atoms with Crippen LogP contribution in [-0.4, -0.2) is 40.4 Å². The zero-order valence-electron chi connectivity index (χ0n) is 13.5. The number of aryl methyl sites for hydroxylation is 2. The van der Waals surface area contributed by atoms with Gasteiger partial charge in [0.05, 0.1) is 11.4 Å². The Morgan fingerprint density at radius 1 is 1.45 bits per heavy atom. The van der Waals surface area contributed by atoms with Crippen molar-refractivity contribution in [2.75, 3.05) is 19.6 Å². The molecule has 1 N–H and O–H groups in total. The van der Waals surface area contributed by atoms with E-state index in [0.717, 1.165) is 37.8 Å². The Kier molecular flexibility index (Phi) is 5.61. The van der Waals surface area contributed by atoms with E-state index in [0.29, 0.717) is 6.04 Å². The van der Waals surface area contributed by atoms with Crippen LogP contribution in [0.4, 0.5) is 0 Å². The van der Waals surface area contributed by atoms with E-state index >= 15 is 0 Å². The predicted octanol–water partition coefficient (Wildman–Crippen LogP) is 2.42. The number of aromatic nitrogens is 2. The van der Waals surface area contributed by atoms with E-state index < -0.39 is 0 Å². The molecule has 2 unspecified atom stereocenters. The highest BCUT2D eigenvalue weighted by molar-refractivity contribution is 5.09. The number of nitrogens with zero attached hydrogens (tertiary/aromatic N) is 3. The third kappa shape index (κ3) is 3.83. The molecule has 4 heteroatoms. The summed E-state index contributed by atoms with van der Waals surface area (Å²) in [5.74, 6) is 0.744. The van der Waals surface area contributed by atoms with E-state index in [1.807, 2.05) is 0 Å². The lowest BCUT2D eigenvalue weighted by Crippen LogP contribution is -2.41. The van der Waals surface area contributed by atoms with Gasteiger partial charge in [0.15, 0.2) is 0 Å². The van der Waals surface area contributed by atoms with Gasteiger partial charge >= 0.3 is 0 Å². The van der Waals surface area contributed by atoms with Gasteiger partial charge in [-0.2, -0.15) is 5.10 Å². The van der Waals surface area contributed by atoms with Gasteiger partial charge in [0.25, 0.3) is 0 Å². The van der Waals surface area contributed by atoms with Crippen molar-refractivity contribution in [2.24, 2.45) is 5.92 Å². The summed E-state index contributed by atoms with van der Waals surface area (Å²) in [7, 11) is 0. The van der Waals surface area contributed by atoms with Crippen molar-refractivity contribution in [2.45, 2.75) is 59.7 Å². The minimum atomic E-state index is 0.626. The number of nitrogens with one attached hydrogen (secondary N) is 1. The van der Waals surface area contributed by atoms with Crippen molar-refractivity contribution in [1.29, 1.82) is 0 Å². The molecular formula is C16H30N4. The molecule has 20 heavy (non-hydrogen) atoms. The van der Waals surface area contributed by atoms with Crippen molar-refractivity contribution in [3.63, 3.8) is 0 Å². The Morgan fingerprint density at radius 3 is 2.95 bits per heavy atom. The monoisotopic (exact) mass is 278 g/mol. The van der Waals surface area contributed by atoms with Crippen molar-refractivity contribution >= 4 is 0 Å². The Morgan fingerprint density at radius 2 is 2.25 bits per heavy atom. The maximum atomic E-state index is 4.56. The first-order chi connectivity index (χ1) is 9.63. The van der Waals surface area contributed by atoms with Gasteiger partial charge in [-0.05, 0) is 45.3 Å². The summed E-state index contributed by atoms with van der Waals surface area (Å²) in [6, 6.07) is 2.86. The lowest BCUT2D eigenvalue weighted by atomic mass is 9.99. The molecule has 1 aliphatic heterocycles. The smallest absolute Gasteiger partial charge is 0.0597 e. The summed E-state index contributed by atoms with van der Waals surface area (Å²) in [5.41, 5.74) is 2.49. The van der Waals surface area contributed by atoms with E-state index in [1.54, 1.807) is 0 Å². The minimum absolute atomic E-state index is 0.626. The molecule has 1 saturated heterocycles. The molecule has 0 bridgehead atoms. The van der Waals surface area contributed by atoms with Gasteiger partial charge in [-0.1, -0.05) is 20.3 Å². The van der Waals surface area contributed by atoms with Crippen LogP contribution in [0.3, 0.4) is 0 Å². The summed E-state index contributed by atoms with van der Waals surface area (Å²) in [5, 5.41) is 8.28. The van der Waals surface area contributed by atoms with Gasteiger partial charge in [0, 0.05) is 25.7 Å². The minimum Gasteiger partial charge on any atom is -0.312 e. The van der Waals surface area contributed by atoms with Crippen LogP contribution in [0, 0.1) is 12.8 Å². The van der Waals surface area contributed by atoms with E-state index in [4.69, 9.17) is 0 Å². The molecule has 1 aromatic heterocycles. The molecule has 2 rings (SSSR count). The second-order valence-electron chi connectivity index (χ2n) is 6.13. The molecule has 1 aromatic rings. The van der Waals surface area contributed by atoms with E-state index in [2.05, 4.69) is 53.8 Å². The summed E-state index contributed by atoms with van der Waals surface area (Å²) in [6.07, 6.45) is 2.49. The average molecular weight is 278 g/mol. The number of hydrogen-bond donors (Lipinski definition) is 1. The lowest BCUT2D eigenvalue weighted by molar-refractivity contribution is 0.226. The van der Waals surface area contributed by atoms with Crippen LogP contribution < -0.4 is 5.32 Å². The van der Waals surface area contributed by atoms with Gasteiger partial charge in [0.2, 0.25) is 0 Å². The molecule has 0 saturated carbocycles. The molecule has 1 aliphatic rings. The highest BCUT2D eigenvalue weighted by atomic mass is 15.3. The molecular weight excluding hydrogens is 248 g/mol. The van der Waals surface area contributed by atoms with Crippen molar-refractivity contribution < 1.29 is 0 Å². The average Bonchev–Trinajstić information content (AvgIpc) is 2.64. The standard InChI is InChI=1S/C16H30N4/c1-5-13(3)16-12-19(9-7-8-17-16)11-15-10-14(4)18-20(15)6-2/h10,13,16-17H,5-9,11-12H2,1-4H3. The quantitative estimate of drug-likeness (QED) is 0.898. The first kappa shape index (κ1) is 15.5. The van der Waals surface area contributed by atoms with Crippen LogP contribution in [0.15, 0.2) is 6.07 Å². The second kappa shape index (κ2) is 7.23. The third-order valence-corrected chi connectivity index (χ3v) is 4.51. The van der Waals surface area contributed by atoms with E-state index in [9.17, 15) is 0 Å². The number of hydrogen-bond acceptors (Lipinski definition) is 3. The Labute approximate surface area is 123 Å². The van der Waals surface area contributed by atoms with Crippen molar-refractivity contribution in [1.82, 2.24) is 20.0 Å². The molecule has 0 radical (unpaired) electrons. The first-order valence-electron chi connectivity index (χ1n) is 8.13. The second-order valence-corrected chi connectivity index (χ2v) is 6.13. The van der Waals surface area contributed by atoms with Gasteiger partial charge in [-0.15, -0.1) is 0 Å². The van der Waals surface area contributed by atoms with Crippen LogP contribution in [0.25, 0.3) is 0 Å². The molecule has 4 nitrogen and oxygen atoms in total. The van der Waals surface area contributed by atoms with E-state index in [1.165, 1.54) is 25.1 Å². The maximum Gasteiger partial charge on any atom is 0.0597 e. The molecule has 0 amide bonds.